The van der Waals surface area contributed by atoms with E-state index < -0.39 is 8.32 Å². The molecule has 1 aliphatic heterocycles. The summed E-state index contributed by atoms with van der Waals surface area (Å²) in [6.45, 7) is 12.3. The first-order valence-corrected chi connectivity index (χ1v) is 12.0. The maximum atomic E-state index is 12.6. The van der Waals surface area contributed by atoms with Crippen molar-refractivity contribution in [2.75, 3.05) is 6.54 Å². The van der Waals surface area contributed by atoms with E-state index in [0.717, 1.165) is 23.0 Å². The fraction of sp³-hybridized carbons (Fsp3) is 0.588. The van der Waals surface area contributed by atoms with Crippen LogP contribution in [0, 0.1) is 0 Å². The van der Waals surface area contributed by atoms with E-state index in [4.69, 9.17) is 16.0 Å². The zero-order valence-corrected chi connectivity index (χ0v) is 17.8. The lowest BCUT2D eigenvalue weighted by molar-refractivity contribution is -0.134. The minimum absolute atomic E-state index is 0.105. The highest BCUT2D eigenvalue weighted by Crippen LogP contribution is 2.38. The number of likely N-dealkylation sites (tertiary alicyclic amines) is 1. The van der Waals surface area contributed by atoms with Gasteiger partial charge in [-0.1, -0.05) is 38.4 Å². The summed E-state index contributed by atoms with van der Waals surface area (Å²) in [5.41, 5.74) is 1.04. The highest BCUT2D eigenvalue weighted by atomic mass is 79.9. The highest BCUT2D eigenvalue weighted by Gasteiger charge is 2.43. The quantitative estimate of drug-likeness (QED) is 0.627. The molecule has 0 aliphatic carbocycles. The van der Waals surface area contributed by atoms with Gasteiger partial charge >= 0.3 is 0 Å². The SMILES string of the molecule is CC(C)(C)[Si](C)(C)O[C@H]1CCN(Cc2ccc(Br)c(Cl)c2)C1=O. The van der Waals surface area contributed by atoms with Crippen molar-refractivity contribution in [2.45, 2.75) is 58.0 Å². The molecule has 128 valence electrons. The monoisotopic (exact) mass is 417 g/mol. The lowest BCUT2D eigenvalue weighted by Crippen LogP contribution is -2.46. The first-order chi connectivity index (χ1) is 10.5. The van der Waals surface area contributed by atoms with Gasteiger partial charge in [-0.25, -0.2) is 0 Å². The summed E-state index contributed by atoms with van der Waals surface area (Å²) in [5, 5.41) is 0.781. The molecule has 0 N–H and O–H groups in total. The smallest absolute Gasteiger partial charge is 0.250 e. The second kappa shape index (κ2) is 6.87. The molecule has 1 amide bonds. The van der Waals surface area contributed by atoms with Crippen LogP contribution in [0.15, 0.2) is 22.7 Å². The van der Waals surface area contributed by atoms with Gasteiger partial charge < -0.3 is 9.33 Å². The molecule has 0 bridgehead atoms. The van der Waals surface area contributed by atoms with Crippen LogP contribution in [-0.2, 0) is 15.8 Å². The lowest BCUT2D eigenvalue weighted by Gasteiger charge is -2.37. The molecule has 1 aromatic carbocycles. The van der Waals surface area contributed by atoms with Crippen molar-refractivity contribution < 1.29 is 9.22 Å². The van der Waals surface area contributed by atoms with Gasteiger partial charge in [-0.05, 0) is 58.2 Å². The second-order valence-corrected chi connectivity index (χ2v) is 13.7. The molecule has 0 saturated carbocycles. The molecule has 3 nitrogen and oxygen atoms in total. The van der Waals surface area contributed by atoms with Gasteiger partial charge in [0.1, 0.15) is 6.10 Å². The molecule has 1 saturated heterocycles. The predicted molar refractivity (Wildman–Crippen MR) is 101 cm³/mol. The molecule has 0 aromatic heterocycles. The number of hydrogen-bond donors (Lipinski definition) is 0. The van der Waals surface area contributed by atoms with Crippen LogP contribution in [0.2, 0.25) is 23.2 Å². The summed E-state index contributed by atoms with van der Waals surface area (Å²) in [6, 6.07) is 5.81. The Labute approximate surface area is 153 Å². The Hall–Kier alpha value is -0.363. The van der Waals surface area contributed by atoms with Gasteiger partial charge in [0.25, 0.3) is 5.91 Å². The molecule has 1 fully saturated rings. The van der Waals surface area contributed by atoms with Crippen molar-refractivity contribution in [1.82, 2.24) is 4.90 Å². The minimum Gasteiger partial charge on any atom is -0.405 e. The van der Waals surface area contributed by atoms with Crippen LogP contribution < -0.4 is 0 Å². The Kier molecular flexibility index (Phi) is 5.66. The summed E-state index contributed by atoms with van der Waals surface area (Å²) in [7, 11) is -1.92. The third kappa shape index (κ3) is 4.38. The number of hydrogen-bond acceptors (Lipinski definition) is 2. The Bertz CT molecular complexity index is 601. The molecule has 6 heteroatoms. The van der Waals surface area contributed by atoms with E-state index in [2.05, 4.69) is 49.8 Å². The summed E-state index contributed by atoms with van der Waals surface area (Å²) in [6.07, 6.45) is 0.483. The Morgan fingerprint density at radius 1 is 1.39 bits per heavy atom. The Morgan fingerprint density at radius 2 is 2.04 bits per heavy atom. The molecular weight excluding hydrogens is 394 g/mol. The van der Waals surface area contributed by atoms with E-state index in [1.807, 2.05) is 23.1 Å². The number of amides is 1. The average Bonchev–Trinajstić information content (AvgIpc) is 2.74. The normalized spacial score (nSPS) is 19.5. The van der Waals surface area contributed by atoms with Crippen LogP contribution in [0.1, 0.15) is 32.8 Å². The molecule has 0 radical (unpaired) electrons. The van der Waals surface area contributed by atoms with Crippen LogP contribution in [0.3, 0.4) is 0 Å². The zero-order chi connectivity index (χ0) is 17.4. The van der Waals surface area contributed by atoms with Crippen LogP contribution in [0.4, 0.5) is 0 Å². The molecule has 1 aliphatic rings. The first kappa shape index (κ1) is 19.0. The lowest BCUT2D eigenvalue weighted by atomic mass is 10.2. The number of carbonyl (C=O) groups is 1. The highest BCUT2D eigenvalue weighted by molar-refractivity contribution is 9.10. The van der Waals surface area contributed by atoms with E-state index in [1.165, 1.54) is 0 Å². The van der Waals surface area contributed by atoms with Crippen LogP contribution >= 0.6 is 27.5 Å². The Morgan fingerprint density at radius 3 is 2.61 bits per heavy atom. The van der Waals surface area contributed by atoms with Crippen molar-refractivity contribution >= 4 is 41.8 Å². The van der Waals surface area contributed by atoms with E-state index in [0.29, 0.717) is 11.6 Å². The number of nitrogens with zero attached hydrogens (tertiary/aromatic N) is 1. The second-order valence-electron chi connectivity index (χ2n) is 7.66. The molecule has 23 heavy (non-hydrogen) atoms. The maximum absolute atomic E-state index is 12.6. The number of rotatable bonds is 4. The molecule has 0 spiro atoms. The van der Waals surface area contributed by atoms with Gasteiger partial charge in [0.05, 0.1) is 5.02 Å². The fourth-order valence-electron chi connectivity index (χ4n) is 2.37. The molecular formula is C17H25BrClNO2Si. The predicted octanol–water partition coefficient (Wildman–Crippen LogP) is 5.23. The molecule has 1 atom stereocenters. The number of benzene rings is 1. The Balaban J connectivity index is 2.03. The minimum atomic E-state index is -1.92. The third-order valence-electron chi connectivity index (χ3n) is 4.85. The van der Waals surface area contributed by atoms with Crippen LogP contribution in [0.25, 0.3) is 0 Å². The molecule has 1 aromatic rings. The van der Waals surface area contributed by atoms with Gasteiger partial charge in [-0.15, -0.1) is 0 Å². The summed E-state index contributed by atoms with van der Waals surface area (Å²) in [4.78, 5) is 14.5. The number of halogens is 2. The summed E-state index contributed by atoms with van der Waals surface area (Å²) >= 11 is 9.52. The van der Waals surface area contributed by atoms with Gasteiger partial charge in [-0.3, -0.25) is 4.79 Å². The fourth-order valence-corrected chi connectivity index (χ4v) is 4.10. The van der Waals surface area contributed by atoms with E-state index >= 15 is 0 Å². The topological polar surface area (TPSA) is 29.5 Å². The molecule has 2 rings (SSSR count). The largest absolute Gasteiger partial charge is 0.405 e. The van der Waals surface area contributed by atoms with Crippen molar-refractivity contribution in [2.24, 2.45) is 0 Å². The van der Waals surface area contributed by atoms with Crippen LogP contribution in [0.5, 0.6) is 0 Å². The first-order valence-electron chi connectivity index (χ1n) is 7.92. The van der Waals surface area contributed by atoms with Gasteiger partial charge in [0.2, 0.25) is 0 Å². The van der Waals surface area contributed by atoms with Crippen molar-refractivity contribution in [1.29, 1.82) is 0 Å². The molecule has 1 heterocycles. The standard InChI is InChI=1S/C17H25BrClNO2Si/c1-17(2,3)23(4,5)22-15-8-9-20(16(15)21)11-12-6-7-13(18)14(19)10-12/h6-7,10,15H,8-9,11H2,1-5H3/t15-/m0/s1. The van der Waals surface area contributed by atoms with Crippen LogP contribution in [-0.4, -0.2) is 31.8 Å². The van der Waals surface area contributed by atoms with Gasteiger partial charge in [0.15, 0.2) is 8.32 Å². The van der Waals surface area contributed by atoms with E-state index in [-0.39, 0.29) is 17.0 Å². The van der Waals surface area contributed by atoms with E-state index in [9.17, 15) is 4.79 Å². The van der Waals surface area contributed by atoms with Gasteiger partial charge in [-0.2, -0.15) is 0 Å². The van der Waals surface area contributed by atoms with E-state index in [1.54, 1.807) is 0 Å². The van der Waals surface area contributed by atoms with Crippen molar-refractivity contribution in [3.63, 3.8) is 0 Å². The summed E-state index contributed by atoms with van der Waals surface area (Å²) in [5.74, 6) is 0.105. The maximum Gasteiger partial charge on any atom is 0.250 e. The van der Waals surface area contributed by atoms with Crippen molar-refractivity contribution in [3.05, 3.63) is 33.3 Å². The molecule has 0 unspecified atom stereocenters. The third-order valence-corrected chi connectivity index (χ3v) is 10.6. The zero-order valence-electron chi connectivity index (χ0n) is 14.5. The van der Waals surface area contributed by atoms with Crippen molar-refractivity contribution in [3.8, 4) is 0 Å². The number of carbonyl (C=O) groups excluding carboxylic acids is 1. The van der Waals surface area contributed by atoms with Gasteiger partial charge in [0, 0.05) is 17.6 Å². The summed E-state index contributed by atoms with van der Waals surface area (Å²) < 4.78 is 7.17. The average molecular weight is 419 g/mol.